The second-order valence-electron chi connectivity index (χ2n) is 5.31. The molecule has 0 spiro atoms. The van der Waals surface area contributed by atoms with E-state index in [4.69, 9.17) is 0 Å². The third kappa shape index (κ3) is 5.31. The molecule has 0 aliphatic heterocycles. The largest absolute Gasteiger partial charge is 2.00 e. The average molecular weight is 429 g/mol. The number of carbonyl (C=O) groups is 2. The predicted molar refractivity (Wildman–Crippen MR) is 95.5 cm³/mol. The van der Waals surface area contributed by atoms with Gasteiger partial charge in [0.2, 0.25) is 0 Å². The Bertz CT molecular complexity index is 906. The van der Waals surface area contributed by atoms with Gasteiger partial charge in [-0.05, 0) is 24.3 Å². The van der Waals surface area contributed by atoms with Crippen LogP contribution >= 0.6 is 0 Å². The molecule has 147 valence electrons. The summed E-state index contributed by atoms with van der Waals surface area (Å²) in [4.78, 5) is 28.5. The third-order valence-electron chi connectivity index (χ3n) is 3.48. The minimum absolute atomic E-state index is 0. The fourth-order valence-electron chi connectivity index (χ4n) is 2.20. The molecular weight excluding hydrogens is 414 g/mol. The van der Waals surface area contributed by atoms with E-state index in [0.29, 0.717) is 0 Å². The van der Waals surface area contributed by atoms with Crippen LogP contribution in [0.1, 0.15) is 21.0 Å². The summed E-state index contributed by atoms with van der Waals surface area (Å²) in [6.45, 7) is 0. The molecule has 1 heterocycles. The van der Waals surface area contributed by atoms with Gasteiger partial charge in [0.15, 0.2) is 0 Å². The van der Waals surface area contributed by atoms with Crippen LogP contribution in [0.3, 0.4) is 0 Å². The van der Waals surface area contributed by atoms with Crippen LogP contribution in [0.25, 0.3) is 0 Å². The van der Waals surface area contributed by atoms with Crippen LogP contribution in [0.4, 0.5) is 11.4 Å². The number of nitrogens with zero attached hydrogens (tertiary/aromatic N) is 1. The smallest absolute Gasteiger partial charge is 0.871 e. The first kappa shape index (κ1) is 22.7. The van der Waals surface area contributed by atoms with E-state index in [9.17, 15) is 19.8 Å². The molecule has 0 unspecified atom stereocenters. The number of para-hydroxylation sites is 4. The van der Waals surface area contributed by atoms with Crippen LogP contribution in [0.15, 0.2) is 66.7 Å². The molecule has 28 heavy (non-hydrogen) atoms. The van der Waals surface area contributed by atoms with Crippen molar-refractivity contribution in [3.8, 4) is 11.5 Å². The fourth-order valence-corrected chi connectivity index (χ4v) is 2.20. The van der Waals surface area contributed by atoms with Crippen LogP contribution in [0, 0.1) is 0 Å². The van der Waals surface area contributed by atoms with Crippen LogP contribution in [-0.4, -0.2) is 22.3 Å². The Hall–Kier alpha value is -3.39. The molecule has 8 nitrogen and oxygen atoms in total. The van der Waals surface area contributed by atoms with Crippen molar-refractivity contribution in [1.82, 2.24) is 4.98 Å². The van der Waals surface area contributed by atoms with Gasteiger partial charge in [-0.15, -0.1) is 0 Å². The summed E-state index contributed by atoms with van der Waals surface area (Å²) >= 11 is 0. The van der Waals surface area contributed by atoms with E-state index < -0.39 is 11.8 Å². The number of benzene rings is 2. The minimum Gasteiger partial charge on any atom is -0.871 e. The van der Waals surface area contributed by atoms with E-state index in [-0.39, 0.29) is 56.8 Å². The molecule has 2 aromatic carbocycles. The van der Waals surface area contributed by atoms with E-state index in [1.54, 1.807) is 24.3 Å². The molecule has 0 atom stereocenters. The Balaban J connectivity index is 0.00000196. The van der Waals surface area contributed by atoms with Crippen molar-refractivity contribution in [1.29, 1.82) is 0 Å². The Kier molecular flexibility index (Phi) is 8.15. The van der Waals surface area contributed by atoms with Gasteiger partial charge in [-0.25, -0.2) is 4.98 Å². The summed E-state index contributed by atoms with van der Waals surface area (Å²) in [5.74, 6) is -1.90. The minimum atomic E-state index is -0.618. The van der Waals surface area contributed by atoms with Crippen LogP contribution in [-0.2, 0) is 17.1 Å². The van der Waals surface area contributed by atoms with Crippen LogP contribution in [0.2, 0.25) is 0 Å². The van der Waals surface area contributed by atoms with Crippen molar-refractivity contribution >= 4 is 23.2 Å². The molecule has 3 rings (SSSR count). The Labute approximate surface area is 171 Å². The van der Waals surface area contributed by atoms with Crippen LogP contribution < -0.4 is 20.8 Å². The molecule has 2 amide bonds. The van der Waals surface area contributed by atoms with E-state index in [0.717, 1.165) is 0 Å². The first-order valence-electron chi connectivity index (χ1n) is 7.66. The number of anilines is 2. The average Bonchev–Trinajstić information content (AvgIpc) is 2.65. The van der Waals surface area contributed by atoms with Crippen molar-refractivity contribution in [3.05, 3.63) is 78.1 Å². The second-order valence-corrected chi connectivity index (χ2v) is 5.31. The summed E-state index contributed by atoms with van der Waals surface area (Å²) in [5.41, 5.74) is 0.177. The summed E-state index contributed by atoms with van der Waals surface area (Å²) in [6, 6.07) is 16.3. The van der Waals surface area contributed by atoms with Gasteiger partial charge in [-0.2, -0.15) is 0 Å². The number of rotatable bonds is 4. The maximum absolute atomic E-state index is 12.3. The zero-order valence-corrected chi connectivity index (χ0v) is 15.2. The molecule has 0 saturated carbocycles. The van der Waals surface area contributed by atoms with Crippen molar-refractivity contribution < 1.29 is 42.3 Å². The topological polar surface area (TPSA) is 149 Å². The standard InChI is InChI=1S/C19H15N3O4.Cu.H2O/c23-16-10-3-1-6-12(16)21-18(25)14-8-5-9-15(20-14)19(26)22-13-7-2-4-11-17(13)24;;/h1-11,23-24H,(H,21,25)(H,22,26);;1H2/q;+2;/p-2. The molecular formula is C19H15CuN3O5. The summed E-state index contributed by atoms with van der Waals surface area (Å²) < 4.78 is 0. The van der Waals surface area contributed by atoms with E-state index in [1.807, 2.05) is 0 Å². The number of carbonyl (C=O) groups excluding carboxylic acids is 2. The molecule has 0 aliphatic rings. The van der Waals surface area contributed by atoms with Gasteiger partial charge in [0, 0.05) is 11.4 Å². The van der Waals surface area contributed by atoms with Gasteiger partial charge in [0.25, 0.3) is 11.8 Å². The van der Waals surface area contributed by atoms with Gasteiger partial charge in [0.05, 0.1) is 0 Å². The molecule has 0 fully saturated rings. The van der Waals surface area contributed by atoms with Gasteiger partial charge < -0.3 is 26.3 Å². The number of pyridine rings is 1. The van der Waals surface area contributed by atoms with Crippen molar-refractivity contribution in [2.24, 2.45) is 0 Å². The van der Waals surface area contributed by atoms with E-state index in [2.05, 4.69) is 15.6 Å². The van der Waals surface area contributed by atoms with E-state index in [1.165, 1.54) is 42.5 Å². The van der Waals surface area contributed by atoms with Crippen molar-refractivity contribution in [2.45, 2.75) is 0 Å². The van der Waals surface area contributed by atoms with Gasteiger partial charge in [-0.1, -0.05) is 54.0 Å². The quantitative estimate of drug-likeness (QED) is 0.592. The molecule has 1 radical (unpaired) electrons. The Morgan fingerprint density at radius 1 is 0.679 bits per heavy atom. The first-order chi connectivity index (χ1) is 12.5. The maximum atomic E-state index is 12.3. The molecule has 0 saturated heterocycles. The Morgan fingerprint density at radius 2 is 1.07 bits per heavy atom. The third-order valence-corrected chi connectivity index (χ3v) is 3.48. The molecule has 3 aromatic rings. The summed E-state index contributed by atoms with van der Waals surface area (Å²) in [6.07, 6.45) is 0. The van der Waals surface area contributed by atoms with Gasteiger partial charge in [0.1, 0.15) is 11.4 Å². The van der Waals surface area contributed by atoms with Gasteiger partial charge in [-0.3, -0.25) is 9.59 Å². The zero-order chi connectivity index (χ0) is 18.5. The number of amides is 2. The normalized spacial score (nSPS) is 9.43. The zero-order valence-electron chi connectivity index (χ0n) is 14.2. The van der Waals surface area contributed by atoms with Gasteiger partial charge >= 0.3 is 17.1 Å². The van der Waals surface area contributed by atoms with Crippen molar-refractivity contribution in [2.75, 3.05) is 10.6 Å². The number of aromatic nitrogens is 1. The number of hydrogen-bond donors (Lipinski definition) is 2. The first-order valence-corrected chi connectivity index (χ1v) is 7.66. The van der Waals surface area contributed by atoms with Crippen LogP contribution in [0.5, 0.6) is 11.5 Å². The molecule has 9 heteroatoms. The molecule has 1 aromatic heterocycles. The number of hydrogen-bond acceptors (Lipinski definition) is 5. The maximum Gasteiger partial charge on any atom is 2.00 e. The fraction of sp³-hybridized carbons (Fsp3) is 0. The summed E-state index contributed by atoms with van der Waals surface area (Å²) in [5, 5.41) is 28.2. The number of nitrogens with one attached hydrogen (secondary N) is 2. The second kappa shape index (κ2) is 10.1. The summed E-state index contributed by atoms with van der Waals surface area (Å²) in [7, 11) is 0. The van der Waals surface area contributed by atoms with Crippen molar-refractivity contribution in [3.63, 3.8) is 0 Å². The van der Waals surface area contributed by atoms with E-state index >= 15 is 0 Å². The molecule has 4 N–H and O–H groups in total. The SMILES string of the molecule is O.O=C(Nc1ccccc1[O-])c1cccc(C(=O)Nc2ccccc2[O-])n1.[Cu+2]. The predicted octanol–water partition coefficient (Wildman–Crippen LogP) is 0.906. The monoisotopic (exact) mass is 428 g/mol. The molecule has 0 bridgehead atoms. The molecule has 0 aliphatic carbocycles. The Morgan fingerprint density at radius 3 is 1.46 bits per heavy atom.